The lowest BCUT2D eigenvalue weighted by molar-refractivity contribution is 0.102. The third-order valence-corrected chi connectivity index (χ3v) is 2.96. The molecule has 0 spiro atoms. The van der Waals surface area contributed by atoms with Gasteiger partial charge in [-0.3, -0.25) is 4.79 Å². The minimum absolute atomic E-state index is 0.287. The maximum Gasteiger partial charge on any atom is 0.262 e. The predicted molar refractivity (Wildman–Crippen MR) is 80.2 cm³/mol. The first kappa shape index (κ1) is 12.9. The molecule has 104 valence electrons. The summed E-state index contributed by atoms with van der Waals surface area (Å²) >= 11 is 0. The molecule has 1 aromatic carbocycles. The van der Waals surface area contributed by atoms with E-state index in [1.165, 1.54) is 10.9 Å². The number of hydrogen-bond acceptors (Lipinski definition) is 4. The quantitative estimate of drug-likeness (QED) is 0.768. The van der Waals surface area contributed by atoms with Gasteiger partial charge in [-0.25, -0.2) is 9.67 Å². The Labute approximate surface area is 121 Å². The molecule has 3 rings (SSSR count). The summed E-state index contributed by atoms with van der Waals surface area (Å²) in [6.07, 6.45) is 3.05. The normalized spacial score (nSPS) is 10.3. The number of carbonyl (C=O) groups excluding carboxylic acids is 1. The molecule has 0 fully saturated rings. The minimum atomic E-state index is -0.339. The van der Waals surface area contributed by atoms with E-state index in [0.717, 1.165) is 5.69 Å². The van der Waals surface area contributed by atoms with Crippen molar-refractivity contribution in [1.29, 1.82) is 0 Å². The van der Waals surface area contributed by atoms with Crippen molar-refractivity contribution in [2.75, 3.05) is 11.1 Å². The maximum atomic E-state index is 12.2. The van der Waals surface area contributed by atoms with Gasteiger partial charge in [0.1, 0.15) is 17.2 Å². The molecule has 0 aliphatic rings. The first-order chi connectivity index (χ1) is 10.3. The number of nitrogens with zero attached hydrogens (tertiary/aromatic N) is 3. The molecule has 0 saturated carbocycles. The van der Waals surface area contributed by atoms with Crippen LogP contribution in [-0.2, 0) is 0 Å². The van der Waals surface area contributed by atoms with E-state index >= 15 is 0 Å². The van der Waals surface area contributed by atoms with E-state index in [0.29, 0.717) is 11.4 Å². The highest BCUT2D eigenvalue weighted by Gasteiger charge is 2.16. The molecule has 3 aromatic rings. The number of para-hydroxylation sites is 1. The third-order valence-electron chi connectivity index (χ3n) is 2.96. The first-order valence-corrected chi connectivity index (χ1v) is 6.37. The Bertz CT molecular complexity index is 752. The van der Waals surface area contributed by atoms with Gasteiger partial charge in [0.05, 0.1) is 11.9 Å². The predicted octanol–water partition coefficient (Wildman–Crippen LogP) is 2.10. The number of nitrogens with one attached hydrogen (secondary N) is 1. The van der Waals surface area contributed by atoms with Gasteiger partial charge in [0.25, 0.3) is 5.91 Å². The summed E-state index contributed by atoms with van der Waals surface area (Å²) in [5.74, 6) is 0.414. The molecule has 21 heavy (non-hydrogen) atoms. The van der Waals surface area contributed by atoms with Crippen molar-refractivity contribution in [2.45, 2.75) is 0 Å². The average Bonchev–Trinajstić information content (AvgIpc) is 2.91. The summed E-state index contributed by atoms with van der Waals surface area (Å²) in [5.41, 5.74) is 7.12. The van der Waals surface area contributed by atoms with Crippen LogP contribution in [0.2, 0.25) is 0 Å². The molecular weight excluding hydrogens is 266 g/mol. The number of rotatable bonds is 3. The number of hydrogen-bond donors (Lipinski definition) is 2. The minimum Gasteiger partial charge on any atom is -0.383 e. The van der Waals surface area contributed by atoms with Crippen molar-refractivity contribution in [3.8, 4) is 5.69 Å². The number of pyridine rings is 1. The lowest BCUT2D eigenvalue weighted by Gasteiger charge is -2.05. The number of aromatic nitrogens is 3. The molecule has 6 heteroatoms. The Balaban J connectivity index is 1.87. The largest absolute Gasteiger partial charge is 0.383 e. The number of amides is 1. The Morgan fingerprint density at radius 1 is 1.10 bits per heavy atom. The van der Waals surface area contributed by atoms with Crippen molar-refractivity contribution in [1.82, 2.24) is 14.8 Å². The monoisotopic (exact) mass is 279 g/mol. The highest BCUT2D eigenvalue weighted by molar-refractivity contribution is 6.06. The molecule has 1 amide bonds. The van der Waals surface area contributed by atoms with E-state index in [9.17, 15) is 4.79 Å². The van der Waals surface area contributed by atoms with Crippen molar-refractivity contribution in [2.24, 2.45) is 0 Å². The molecule has 6 nitrogen and oxygen atoms in total. The topological polar surface area (TPSA) is 85.8 Å². The van der Waals surface area contributed by atoms with Crippen molar-refractivity contribution in [3.05, 3.63) is 66.5 Å². The van der Waals surface area contributed by atoms with Gasteiger partial charge < -0.3 is 11.1 Å². The second-order valence-corrected chi connectivity index (χ2v) is 4.36. The highest BCUT2D eigenvalue weighted by Crippen LogP contribution is 2.17. The van der Waals surface area contributed by atoms with Gasteiger partial charge in [0, 0.05) is 6.20 Å². The first-order valence-electron chi connectivity index (χ1n) is 6.37. The summed E-state index contributed by atoms with van der Waals surface area (Å²) < 4.78 is 1.52. The van der Waals surface area contributed by atoms with Crippen LogP contribution in [0.5, 0.6) is 0 Å². The van der Waals surface area contributed by atoms with Gasteiger partial charge in [0.15, 0.2) is 0 Å². The van der Waals surface area contributed by atoms with Gasteiger partial charge >= 0.3 is 0 Å². The van der Waals surface area contributed by atoms with Crippen molar-refractivity contribution in [3.63, 3.8) is 0 Å². The van der Waals surface area contributed by atoms with E-state index in [1.807, 2.05) is 30.3 Å². The van der Waals surface area contributed by atoms with Crippen LogP contribution in [0.15, 0.2) is 60.9 Å². The number of benzene rings is 1. The molecule has 2 heterocycles. The SMILES string of the molecule is Nc1c(C(=O)Nc2ccccn2)cnn1-c1ccccc1. The third kappa shape index (κ3) is 2.59. The summed E-state index contributed by atoms with van der Waals surface area (Å²) in [7, 11) is 0. The Kier molecular flexibility index (Phi) is 3.34. The van der Waals surface area contributed by atoms with E-state index in [1.54, 1.807) is 24.4 Å². The molecule has 0 unspecified atom stereocenters. The van der Waals surface area contributed by atoms with Crippen LogP contribution in [0.25, 0.3) is 5.69 Å². The van der Waals surface area contributed by atoms with Crippen LogP contribution in [0.4, 0.5) is 11.6 Å². The van der Waals surface area contributed by atoms with Gasteiger partial charge in [-0.05, 0) is 24.3 Å². The fraction of sp³-hybridized carbons (Fsp3) is 0. The van der Waals surface area contributed by atoms with Gasteiger partial charge in [-0.2, -0.15) is 5.10 Å². The van der Waals surface area contributed by atoms with E-state index in [-0.39, 0.29) is 11.7 Å². The lowest BCUT2D eigenvalue weighted by Crippen LogP contribution is -2.14. The molecule has 0 aliphatic heterocycles. The molecule has 3 N–H and O–H groups in total. The number of nitrogen functional groups attached to an aromatic ring is 1. The zero-order chi connectivity index (χ0) is 14.7. The van der Waals surface area contributed by atoms with Gasteiger partial charge in [-0.1, -0.05) is 24.3 Å². The van der Waals surface area contributed by atoms with Crippen LogP contribution < -0.4 is 11.1 Å². The molecule has 0 saturated heterocycles. The van der Waals surface area contributed by atoms with E-state index in [4.69, 9.17) is 5.73 Å². The smallest absolute Gasteiger partial charge is 0.262 e. The molecular formula is C15H13N5O. The maximum absolute atomic E-state index is 12.2. The summed E-state index contributed by atoms with van der Waals surface area (Å²) in [5, 5.41) is 6.84. The van der Waals surface area contributed by atoms with Crippen molar-refractivity contribution >= 4 is 17.5 Å². The van der Waals surface area contributed by atoms with E-state index < -0.39 is 0 Å². The second-order valence-electron chi connectivity index (χ2n) is 4.36. The Hall–Kier alpha value is -3.15. The average molecular weight is 279 g/mol. The fourth-order valence-electron chi connectivity index (χ4n) is 1.93. The van der Waals surface area contributed by atoms with Crippen LogP contribution in [0.1, 0.15) is 10.4 Å². The number of nitrogens with two attached hydrogens (primary N) is 1. The van der Waals surface area contributed by atoms with Crippen LogP contribution in [0.3, 0.4) is 0 Å². The Morgan fingerprint density at radius 2 is 1.86 bits per heavy atom. The van der Waals surface area contributed by atoms with Crippen molar-refractivity contribution < 1.29 is 4.79 Å². The number of anilines is 2. The molecule has 0 atom stereocenters. The zero-order valence-corrected chi connectivity index (χ0v) is 11.1. The fourth-order valence-corrected chi connectivity index (χ4v) is 1.93. The van der Waals surface area contributed by atoms with Crippen LogP contribution in [0, 0.1) is 0 Å². The standard InChI is InChI=1S/C15H13N5O/c16-14-12(15(21)19-13-8-4-5-9-17-13)10-18-20(14)11-6-2-1-3-7-11/h1-10H,16H2,(H,17,19,21). The van der Waals surface area contributed by atoms with Gasteiger partial charge in [0.2, 0.25) is 0 Å². The van der Waals surface area contributed by atoms with Gasteiger partial charge in [-0.15, -0.1) is 0 Å². The zero-order valence-electron chi connectivity index (χ0n) is 11.1. The molecule has 0 bridgehead atoms. The highest BCUT2D eigenvalue weighted by atomic mass is 16.1. The summed E-state index contributed by atoms with van der Waals surface area (Å²) in [6.45, 7) is 0. The van der Waals surface area contributed by atoms with Crippen LogP contribution >= 0.6 is 0 Å². The van der Waals surface area contributed by atoms with E-state index in [2.05, 4.69) is 15.4 Å². The lowest BCUT2D eigenvalue weighted by atomic mass is 10.3. The number of carbonyl (C=O) groups is 1. The van der Waals surface area contributed by atoms with Crippen LogP contribution in [-0.4, -0.2) is 20.7 Å². The molecule has 2 aromatic heterocycles. The summed E-state index contributed by atoms with van der Waals surface area (Å²) in [6, 6.07) is 14.7. The summed E-state index contributed by atoms with van der Waals surface area (Å²) in [4.78, 5) is 16.2. The molecule has 0 radical (unpaired) electrons. The second kappa shape index (κ2) is 5.46. The Morgan fingerprint density at radius 3 is 2.57 bits per heavy atom. The molecule has 0 aliphatic carbocycles.